The third-order valence-corrected chi connectivity index (χ3v) is 2.84. The monoisotopic (exact) mass is 333 g/mol. The number of carbonyl (C=O) groups excluding carboxylic acids is 4. The Labute approximate surface area is 139 Å². The molecule has 0 aliphatic carbocycles. The van der Waals surface area contributed by atoms with E-state index in [1.807, 2.05) is 0 Å². The van der Waals surface area contributed by atoms with Crippen LogP contribution < -0.4 is 5.32 Å². The van der Waals surface area contributed by atoms with Crippen molar-refractivity contribution in [2.75, 3.05) is 11.9 Å². The number of benzene rings is 1. The molecule has 0 aromatic heterocycles. The van der Waals surface area contributed by atoms with Gasteiger partial charge in [-0.1, -0.05) is 12.1 Å². The van der Waals surface area contributed by atoms with Crippen molar-refractivity contribution in [2.24, 2.45) is 0 Å². The first-order valence-electron chi connectivity index (χ1n) is 7.30. The molecule has 1 N–H and O–H groups in total. The van der Waals surface area contributed by atoms with Gasteiger partial charge in [0.05, 0.1) is 6.61 Å². The van der Waals surface area contributed by atoms with Gasteiger partial charge in [-0.25, -0.2) is 9.59 Å². The molecule has 7 heteroatoms. The summed E-state index contributed by atoms with van der Waals surface area (Å²) in [5.74, 6) is -2.21. The Balaban J connectivity index is 2.59. The molecule has 128 valence electrons. The van der Waals surface area contributed by atoms with E-state index in [0.717, 1.165) is 12.2 Å². The van der Waals surface area contributed by atoms with Gasteiger partial charge in [0.25, 0.3) is 5.91 Å². The third kappa shape index (κ3) is 6.43. The van der Waals surface area contributed by atoms with Gasteiger partial charge < -0.3 is 14.8 Å². The molecular weight excluding hydrogens is 314 g/mol. The Kier molecular flexibility index (Phi) is 7.35. The van der Waals surface area contributed by atoms with E-state index < -0.39 is 23.9 Å². The van der Waals surface area contributed by atoms with Crippen molar-refractivity contribution in [1.29, 1.82) is 0 Å². The van der Waals surface area contributed by atoms with Crippen LogP contribution in [0.25, 0.3) is 0 Å². The standard InChI is InChI=1S/C17H19NO6/c1-4-23-15(20)8-9-16(21)24-12(3)17(22)18-14-7-5-6-13(10-14)11(2)19/h5-10,12H,4H2,1-3H3,(H,18,22)/b9-8+/t12-/m1/s1. The molecule has 0 spiro atoms. The second-order valence-electron chi connectivity index (χ2n) is 4.79. The number of ketones is 1. The first-order chi connectivity index (χ1) is 11.3. The quantitative estimate of drug-likeness (QED) is 0.465. The zero-order valence-electron chi connectivity index (χ0n) is 13.7. The summed E-state index contributed by atoms with van der Waals surface area (Å²) >= 11 is 0. The molecule has 0 aliphatic heterocycles. The highest BCUT2D eigenvalue weighted by Crippen LogP contribution is 2.12. The molecular formula is C17H19NO6. The van der Waals surface area contributed by atoms with Gasteiger partial charge >= 0.3 is 11.9 Å². The topological polar surface area (TPSA) is 98.8 Å². The molecule has 0 unspecified atom stereocenters. The lowest BCUT2D eigenvalue weighted by molar-refractivity contribution is -0.148. The van der Waals surface area contributed by atoms with E-state index in [1.165, 1.54) is 19.9 Å². The maximum atomic E-state index is 12.0. The Hall–Kier alpha value is -2.96. The molecule has 1 aromatic carbocycles. The second kappa shape index (κ2) is 9.24. The smallest absolute Gasteiger partial charge is 0.331 e. The number of nitrogens with one attached hydrogen (secondary N) is 1. The van der Waals surface area contributed by atoms with E-state index in [0.29, 0.717) is 11.3 Å². The summed E-state index contributed by atoms with van der Waals surface area (Å²) < 4.78 is 9.49. The summed E-state index contributed by atoms with van der Waals surface area (Å²) in [6.45, 7) is 4.63. The minimum atomic E-state index is -1.08. The van der Waals surface area contributed by atoms with Crippen LogP contribution in [0.2, 0.25) is 0 Å². The molecule has 0 bridgehead atoms. The van der Waals surface area contributed by atoms with Gasteiger partial charge in [-0.3, -0.25) is 9.59 Å². The number of Topliss-reactive ketones (excluding diaryl/α,β-unsaturated/α-hetero) is 1. The van der Waals surface area contributed by atoms with E-state index in [4.69, 9.17) is 4.74 Å². The van der Waals surface area contributed by atoms with Crippen LogP contribution in [0, 0.1) is 0 Å². The van der Waals surface area contributed by atoms with Crippen molar-refractivity contribution < 1.29 is 28.7 Å². The van der Waals surface area contributed by atoms with Gasteiger partial charge in [0, 0.05) is 23.4 Å². The average Bonchev–Trinajstić information content (AvgIpc) is 2.53. The summed E-state index contributed by atoms with van der Waals surface area (Å²) in [5.41, 5.74) is 0.868. The van der Waals surface area contributed by atoms with Crippen LogP contribution in [0.4, 0.5) is 5.69 Å². The van der Waals surface area contributed by atoms with E-state index >= 15 is 0 Å². The number of anilines is 1. The van der Waals surface area contributed by atoms with Crippen molar-refractivity contribution in [3.63, 3.8) is 0 Å². The fraction of sp³-hybridized carbons (Fsp3) is 0.294. The summed E-state index contributed by atoms with van der Waals surface area (Å²) in [6.07, 6.45) is 0.732. The number of ether oxygens (including phenoxy) is 2. The van der Waals surface area contributed by atoms with Crippen LogP contribution >= 0.6 is 0 Å². The van der Waals surface area contributed by atoms with Crippen LogP contribution in [-0.4, -0.2) is 36.3 Å². The van der Waals surface area contributed by atoms with Gasteiger partial charge in [0.2, 0.25) is 0 Å². The minimum Gasteiger partial charge on any atom is -0.463 e. The molecule has 0 saturated carbocycles. The number of esters is 2. The fourth-order valence-electron chi connectivity index (χ4n) is 1.65. The third-order valence-electron chi connectivity index (χ3n) is 2.84. The largest absolute Gasteiger partial charge is 0.463 e. The Morgan fingerprint density at radius 1 is 1.17 bits per heavy atom. The number of amides is 1. The molecule has 1 aromatic rings. The van der Waals surface area contributed by atoms with E-state index in [2.05, 4.69) is 10.1 Å². The molecule has 1 atom stereocenters. The van der Waals surface area contributed by atoms with Crippen LogP contribution in [0.1, 0.15) is 31.1 Å². The maximum absolute atomic E-state index is 12.0. The van der Waals surface area contributed by atoms with Crippen molar-refractivity contribution in [3.05, 3.63) is 42.0 Å². The van der Waals surface area contributed by atoms with Crippen LogP contribution in [0.3, 0.4) is 0 Å². The zero-order valence-corrected chi connectivity index (χ0v) is 13.7. The molecule has 0 fully saturated rings. The van der Waals surface area contributed by atoms with E-state index in [9.17, 15) is 19.2 Å². The fourth-order valence-corrected chi connectivity index (χ4v) is 1.65. The molecule has 0 heterocycles. The van der Waals surface area contributed by atoms with Crippen LogP contribution in [0.5, 0.6) is 0 Å². The highest BCUT2D eigenvalue weighted by molar-refractivity contribution is 5.99. The van der Waals surface area contributed by atoms with E-state index in [-0.39, 0.29) is 12.4 Å². The summed E-state index contributed by atoms with van der Waals surface area (Å²) in [6, 6.07) is 6.39. The van der Waals surface area contributed by atoms with Crippen molar-refractivity contribution in [3.8, 4) is 0 Å². The van der Waals surface area contributed by atoms with Crippen molar-refractivity contribution in [2.45, 2.75) is 26.9 Å². The van der Waals surface area contributed by atoms with Crippen LogP contribution in [0.15, 0.2) is 36.4 Å². The number of hydrogen-bond donors (Lipinski definition) is 1. The highest BCUT2D eigenvalue weighted by atomic mass is 16.5. The minimum absolute atomic E-state index is 0.130. The normalized spacial score (nSPS) is 11.6. The lowest BCUT2D eigenvalue weighted by Gasteiger charge is -2.12. The van der Waals surface area contributed by atoms with Gasteiger partial charge in [0.1, 0.15) is 0 Å². The number of rotatable bonds is 7. The Morgan fingerprint density at radius 3 is 2.46 bits per heavy atom. The number of hydrogen-bond acceptors (Lipinski definition) is 6. The second-order valence-corrected chi connectivity index (χ2v) is 4.79. The zero-order chi connectivity index (χ0) is 18.1. The molecule has 0 saturated heterocycles. The molecule has 7 nitrogen and oxygen atoms in total. The molecule has 0 radical (unpaired) electrons. The summed E-state index contributed by atoms with van der Waals surface area (Å²) in [4.78, 5) is 45.9. The molecule has 1 amide bonds. The molecule has 0 aliphatic rings. The van der Waals surface area contributed by atoms with E-state index in [1.54, 1.807) is 25.1 Å². The predicted molar refractivity (Wildman–Crippen MR) is 86.4 cm³/mol. The van der Waals surface area contributed by atoms with Crippen molar-refractivity contribution in [1.82, 2.24) is 0 Å². The SMILES string of the molecule is CCOC(=O)/C=C/C(=O)O[C@H](C)C(=O)Nc1cccc(C(C)=O)c1. The molecule has 1 rings (SSSR count). The lowest BCUT2D eigenvalue weighted by Crippen LogP contribution is -2.29. The Bertz CT molecular complexity index is 665. The average molecular weight is 333 g/mol. The molecule has 24 heavy (non-hydrogen) atoms. The lowest BCUT2D eigenvalue weighted by atomic mass is 10.1. The maximum Gasteiger partial charge on any atom is 0.331 e. The highest BCUT2D eigenvalue weighted by Gasteiger charge is 2.17. The van der Waals surface area contributed by atoms with Gasteiger partial charge in [-0.05, 0) is 32.9 Å². The first-order valence-corrected chi connectivity index (χ1v) is 7.30. The number of carbonyl (C=O) groups is 4. The van der Waals surface area contributed by atoms with Gasteiger partial charge in [-0.2, -0.15) is 0 Å². The Morgan fingerprint density at radius 2 is 1.83 bits per heavy atom. The first kappa shape index (κ1) is 19.1. The summed E-state index contributed by atoms with van der Waals surface area (Å²) in [7, 11) is 0. The van der Waals surface area contributed by atoms with Gasteiger partial charge in [-0.15, -0.1) is 0 Å². The summed E-state index contributed by atoms with van der Waals surface area (Å²) in [5, 5.41) is 2.54. The van der Waals surface area contributed by atoms with Gasteiger partial charge in [0.15, 0.2) is 11.9 Å². The predicted octanol–water partition coefficient (Wildman–Crippen LogP) is 1.88. The van der Waals surface area contributed by atoms with Crippen molar-refractivity contribution >= 4 is 29.3 Å². The van der Waals surface area contributed by atoms with Crippen LogP contribution in [-0.2, 0) is 23.9 Å².